The second-order valence-corrected chi connectivity index (χ2v) is 8.96. The van der Waals surface area contributed by atoms with Gasteiger partial charge in [0.15, 0.2) is 0 Å². The molecule has 0 unspecified atom stereocenters. The molecule has 0 aromatic heterocycles. The fraction of sp³-hybridized carbons (Fsp3) is 0.286. The van der Waals surface area contributed by atoms with Gasteiger partial charge in [-0.3, -0.25) is 0 Å². The number of benzene rings is 2. The van der Waals surface area contributed by atoms with Crippen LogP contribution < -0.4 is 4.90 Å². The molecule has 2 aromatic rings. The van der Waals surface area contributed by atoms with Gasteiger partial charge in [0.05, 0.1) is 6.61 Å². The van der Waals surface area contributed by atoms with Crippen LogP contribution in [0.25, 0.3) is 11.1 Å². The monoisotopic (exact) mass is 395 g/mol. The van der Waals surface area contributed by atoms with E-state index in [1.165, 1.54) is 39.3 Å². The molecule has 2 nitrogen and oxygen atoms in total. The lowest BCUT2D eigenvalue weighted by atomic mass is 9.81. The lowest BCUT2D eigenvalue weighted by Crippen LogP contribution is -2.23. The molecule has 30 heavy (non-hydrogen) atoms. The molecule has 1 N–H and O–H groups in total. The first-order valence-corrected chi connectivity index (χ1v) is 11.0. The summed E-state index contributed by atoms with van der Waals surface area (Å²) in [7, 11) is 0. The Hall–Kier alpha value is -2.84. The molecule has 0 saturated heterocycles. The quantitative estimate of drug-likeness (QED) is 0.618. The first-order chi connectivity index (χ1) is 14.6. The molecule has 3 aliphatic rings. The number of allylic oxidation sites excluding steroid dienone is 7. The number of hydrogen-bond acceptors (Lipinski definition) is 2. The molecule has 0 radical (unpaired) electrons. The fourth-order valence-corrected chi connectivity index (χ4v) is 5.03. The third kappa shape index (κ3) is 3.07. The molecular weight excluding hydrogens is 366 g/mol. The molecule has 3 aliphatic carbocycles. The summed E-state index contributed by atoms with van der Waals surface area (Å²) in [6.07, 6.45) is 18.0. The van der Waals surface area contributed by atoms with Crippen molar-refractivity contribution in [3.63, 3.8) is 0 Å². The van der Waals surface area contributed by atoms with Crippen molar-refractivity contribution in [2.24, 2.45) is 0 Å². The molecule has 0 heterocycles. The third-order valence-electron chi connectivity index (χ3n) is 6.68. The molecule has 5 rings (SSSR count). The number of rotatable bonds is 4. The number of nitrogens with zero attached hydrogens (tertiary/aromatic N) is 1. The van der Waals surface area contributed by atoms with E-state index >= 15 is 0 Å². The summed E-state index contributed by atoms with van der Waals surface area (Å²) < 4.78 is 0. The second kappa shape index (κ2) is 7.45. The van der Waals surface area contributed by atoms with E-state index < -0.39 is 0 Å². The Morgan fingerprint density at radius 3 is 2.43 bits per heavy atom. The molecular formula is C28H29NO. The van der Waals surface area contributed by atoms with Gasteiger partial charge < -0.3 is 10.0 Å². The maximum Gasteiger partial charge on any atom is 0.0681 e. The number of aliphatic hydroxyl groups is 1. The van der Waals surface area contributed by atoms with Crippen molar-refractivity contribution in [3.05, 3.63) is 101 Å². The van der Waals surface area contributed by atoms with Crippen molar-refractivity contribution in [3.8, 4) is 11.1 Å². The molecule has 0 spiro atoms. The Bertz CT molecular complexity index is 1110. The summed E-state index contributed by atoms with van der Waals surface area (Å²) in [5.41, 5.74) is 10.0. The van der Waals surface area contributed by atoms with E-state index in [4.69, 9.17) is 0 Å². The largest absolute Gasteiger partial charge is 0.392 e. The lowest BCUT2D eigenvalue weighted by Gasteiger charge is -2.32. The highest BCUT2D eigenvalue weighted by Gasteiger charge is 2.36. The predicted octanol–water partition coefficient (Wildman–Crippen LogP) is 6.76. The molecule has 0 amide bonds. The van der Waals surface area contributed by atoms with Crippen LogP contribution >= 0.6 is 0 Å². The standard InChI is InChI=1S/C28H29NO/c1-28(2)26-17-20(19-30)13-15-24(26)25-16-14-23(18-27(25)28)29(21-9-5-3-6-10-21)22-11-7-4-8-12-22/h3,5,7,9,11-18,30H,4,6,8,10,19H2,1-2H3. The van der Waals surface area contributed by atoms with Gasteiger partial charge in [0, 0.05) is 22.5 Å². The topological polar surface area (TPSA) is 23.5 Å². The highest BCUT2D eigenvalue weighted by molar-refractivity contribution is 5.83. The average Bonchev–Trinajstić information content (AvgIpc) is 3.02. The Morgan fingerprint density at radius 2 is 1.73 bits per heavy atom. The van der Waals surface area contributed by atoms with Crippen LogP contribution in [0.2, 0.25) is 0 Å². The summed E-state index contributed by atoms with van der Waals surface area (Å²) in [6, 6.07) is 13.3. The van der Waals surface area contributed by atoms with E-state index in [1.54, 1.807) is 0 Å². The summed E-state index contributed by atoms with van der Waals surface area (Å²) in [4.78, 5) is 2.44. The molecule has 0 bridgehead atoms. The zero-order valence-electron chi connectivity index (χ0n) is 17.9. The summed E-state index contributed by atoms with van der Waals surface area (Å²) in [6.45, 7) is 4.69. The van der Waals surface area contributed by atoms with Crippen LogP contribution in [0.1, 0.15) is 56.2 Å². The fourth-order valence-electron chi connectivity index (χ4n) is 5.03. The van der Waals surface area contributed by atoms with Gasteiger partial charge in [0.2, 0.25) is 0 Å². The van der Waals surface area contributed by atoms with E-state index in [1.807, 2.05) is 6.07 Å². The highest BCUT2D eigenvalue weighted by Crippen LogP contribution is 2.50. The van der Waals surface area contributed by atoms with Crippen LogP contribution in [0.5, 0.6) is 0 Å². The van der Waals surface area contributed by atoms with Crippen LogP contribution in [0.4, 0.5) is 5.69 Å². The van der Waals surface area contributed by atoms with Crippen LogP contribution in [-0.2, 0) is 12.0 Å². The van der Waals surface area contributed by atoms with Gasteiger partial charge >= 0.3 is 0 Å². The summed E-state index contributed by atoms with van der Waals surface area (Å²) in [5, 5.41) is 9.63. The molecule has 2 heteroatoms. The van der Waals surface area contributed by atoms with Crippen molar-refractivity contribution in [2.45, 2.75) is 51.6 Å². The molecule has 0 saturated carbocycles. The highest BCUT2D eigenvalue weighted by atomic mass is 16.3. The summed E-state index contributed by atoms with van der Waals surface area (Å²) >= 11 is 0. The van der Waals surface area contributed by atoms with Gasteiger partial charge in [0.25, 0.3) is 0 Å². The maximum absolute atomic E-state index is 9.63. The van der Waals surface area contributed by atoms with E-state index in [2.05, 4.69) is 85.5 Å². The molecule has 0 aliphatic heterocycles. The molecule has 2 aromatic carbocycles. The summed E-state index contributed by atoms with van der Waals surface area (Å²) in [5.74, 6) is 0. The molecule has 0 atom stereocenters. The average molecular weight is 396 g/mol. The second-order valence-electron chi connectivity index (χ2n) is 8.96. The van der Waals surface area contributed by atoms with Crippen LogP contribution in [0.15, 0.2) is 84.2 Å². The predicted molar refractivity (Wildman–Crippen MR) is 125 cm³/mol. The third-order valence-corrected chi connectivity index (χ3v) is 6.68. The molecule has 0 fully saturated rings. The zero-order chi connectivity index (χ0) is 20.7. The van der Waals surface area contributed by atoms with Gasteiger partial charge in [-0.25, -0.2) is 0 Å². The van der Waals surface area contributed by atoms with Gasteiger partial charge in [-0.15, -0.1) is 0 Å². The van der Waals surface area contributed by atoms with Gasteiger partial charge in [0.1, 0.15) is 0 Å². The van der Waals surface area contributed by atoms with Crippen molar-refractivity contribution in [1.29, 1.82) is 0 Å². The maximum atomic E-state index is 9.63. The minimum Gasteiger partial charge on any atom is -0.392 e. The normalized spacial score (nSPS) is 18.5. The van der Waals surface area contributed by atoms with Gasteiger partial charge in [-0.05, 0) is 77.8 Å². The van der Waals surface area contributed by atoms with Crippen LogP contribution in [-0.4, -0.2) is 5.11 Å². The van der Waals surface area contributed by atoms with Crippen molar-refractivity contribution in [2.75, 3.05) is 4.90 Å². The minimum absolute atomic E-state index is 0.0842. The number of hydrogen-bond donors (Lipinski definition) is 1. The Balaban J connectivity index is 1.63. The van der Waals surface area contributed by atoms with E-state index in [0.29, 0.717) is 0 Å². The number of anilines is 1. The van der Waals surface area contributed by atoms with Gasteiger partial charge in [-0.2, -0.15) is 0 Å². The Kier molecular flexibility index (Phi) is 4.75. The number of aliphatic hydroxyl groups excluding tert-OH is 1. The Morgan fingerprint density at radius 1 is 0.933 bits per heavy atom. The van der Waals surface area contributed by atoms with Crippen molar-refractivity contribution in [1.82, 2.24) is 0 Å². The Labute approximate surface area is 179 Å². The van der Waals surface area contributed by atoms with Crippen LogP contribution in [0.3, 0.4) is 0 Å². The van der Waals surface area contributed by atoms with Gasteiger partial charge in [-0.1, -0.05) is 62.4 Å². The number of fused-ring (bicyclic) bond motifs is 3. The zero-order valence-corrected chi connectivity index (χ0v) is 17.9. The first kappa shape index (κ1) is 19.1. The molecule has 152 valence electrons. The first-order valence-electron chi connectivity index (χ1n) is 11.0. The minimum atomic E-state index is -0.0881. The smallest absolute Gasteiger partial charge is 0.0681 e. The van der Waals surface area contributed by atoms with E-state index in [9.17, 15) is 5.11 Å². The SMILES string of the molecule is CC1(C)c2cc(CO)ccc2-c2ccc(N(C3=CCCC=C3)C3=CC=CCC3)cc21. The lowest BCUT2D eigenvalue weighted by molar-refractivity contribution is 0.281. The van der Waals surface area contributed by atoms with Crippen molar-refractivity contribution < 1.29 is 5.11 Å². The van der Waals surface area contributed by atoms with Crippen molar-refractivity contribution >= 4 is 5.69 Å². The van der Waals surface area contributed by atoms with Crippen LogP contribution in [0, 0.1) is 0 Å². The van der Waals surface area contributed by atoms with E-state index in [0.717, 1.165) is 31.2 Å². The van der Waals surface area contributed by atoms with E-state index in [-0.39, 0.29) is 12.0 Å².